The lowest BCUT2D eigenvalue weighted by molar-refractivity contribution is 0.0949. The standard InChI is InChI=1S/C28H31N3O3/c1-28(2,3)21-12-14-22(15-13-21)34-17-16-31-25-11-6-5-10-24(25)30-26(31)19-29-27(32)20-8-7-9-23(18-20)33-4/h5-15,18H,16-17,19H2,1-4H3,(H,29,32). The van der Waals surface area contributed by atoms with E-state index in [4.69, 9.17) is 14.5 Å². The largest absolute Gasteiger partial charge is 0.497 e. The van der Waals surface area contributed by atoms with Gasteiger partial charge < -0.3 is 19.4 Å². The van der Waals surface area contributed by atoms with Crippen LogP contribution in [0.3, 0.4) is 0 Å². The number of imidazole rings is 1. The van der Waals surface area contributed by atoms with E-state index in [9.17, 15) is 4.79 Å². The molecule has 0 unspecified atom stereocenters. The van der Waals surface area contributed by atoms with Crippen LogP contribution >= 0.6 is 0 Å². The number of nitrogens with one attached hydrogen (secondary N) is 1. The molecule has 4 rings (SSSR count). The van der Waals surface area contributed by atoms with Gasteiger partial charge in [-0.25, -0.2) is 4.98 Å². The topological polar surface area (TPSA) is 65.4 Å². The molecule has 176 valence electrons. The van der Waals surface area contributed by atoms with Gasteiger partial charge in [-0.1, -0.05) is 51.1 Å². The highest BCUT2D eigenvalue weighted by molar-refractivity contribution is 5.94. The Bertz CT molecular complexity index is 1270. The molecule has 6 heteroatoms. The van der Waals surface area contributed by atoms with E-state index in [0.29, 0.717) is 31.0 Å². The number of para-hydroxylation sites is 2. The number of rotatable bonds is 8. The molecule has 1 amide bonds. The van der Waals surface area contributed by atoms with Gasteiger partial charge in [-0.05, 0) is 53.4 Å². The van der Waals surface area contributed by atoms with Crippen molar-refractivity contribution in [3.05, 3.63) is 89.7 Å². The highest BCUT2D eigenvalue weighted by Crippen LogP contribution is 2.24. The van der Waals surface area contributed by atoms with Crippen LogP contribution in [0.5, 0.6) is 11.5 Å². The van der Waals surface area contributed by atoms with Crippen LogP contribution in [0.25, 0.3) is 11.0 Å². The zero-order valence-electron chi connectivity index (χ0n) is 20.2. The molecule has 0 radical (unpaired) electrons. The number of nitrogens with zero attached hydrogens (tertiary/aromatic N) is 2. The van der Waals surface area contributed by atoms with E-state index in [1.807, 2.05) is 42.5 Å². The maximum Gasteiger partial charge on any atom is 0.251 e. The lowest BCUT2D eigenvalue weighted by Gasteiger charge is -2.19. The Morgan fingerprint density at radius 3 is 2.47 bits per heavy atom. The summed E-state index contributed by atoms with van der Waals surface area (Å²) in [5.41, 5.74) is 3.83. The van der Waals surface area contributed by atoms with Crippen molar-refractivity contribution >= 4 is 16.9 Å². The van der Waals surface area contributed by atoms with Crippen LogP contribution in [0, 0.1) is 0 Å². The van der Waals surface area contributed by atoms with E-state index in [0.717, 1.165) is 22.6 Å². The number of benzene rings is 3. The molecule has 4 aromatic rings. The Morgan fingerprint density at radius 1 is 0.971 bits per heavy atom. The molecule has 0 saturated heterocycles. The summed E-state index contributed by atoms with van der Waals surface area (Å²) in [6, 6.07) is 23.3. The number of carbonyl (C=O) groups is 1. The van der Waals surface area contributed by atoms with E-state index in [1.165, 1.54) is 5.56 Å². The van der Waals surface area contributed by atoms with E-state index in [2.05, 4.69) is 42.8 Å². The maximum atomic E-state index is 12.7. The van der Waals surface area contributed by atoms with Crippen LogP contribution in [-0.2, 0) is 18.5 Å². The van der Waals surface area contributed by atoms with Gasteiger partial charge in [0.15, 0.2) is 0 Å². The first kappa shape index (κ1) is 23.4. The summed E-state index contributed by atoms with van der Waals surface area (Å²) in [5.74, 6) is 2.09. The van der Waals surface area contributed by atoms with Crippen LogP contribution in [0.2, 0.25) is 0 Å². The van der Waals surface area contributed by atoms with Gasteiger partial charge in [0.1, 0.15) is 23.9 Å². The normalized spacial score (nSPS) is 11.4. The fourth-order valence-corrected chi connectivity index (χ4v) is 3.84. The van der Waals surface area contributed by atoms with E-state index in [-0.39, 0.29) is 11.3 Å². The summed E-state index contributed by atoms with van der Waals surface area (Å²) in [6.45, 7) is 8.01. The minimum atomic E-state index is -0.173. The smallest absolute Gasteiger partial charge is 0.251 e. The van der Waals surface area contributed by atoms with Crippen LogP contribution in [0.15, 0.2) is 72.8 Å². The predicted octanol–water partition coefficient (Wildman–Crippen LogP) is 5.35. The fraction of sp³-hybridized carbons (Fsp3) is 0.286. The van der Waals surface area contributed by atoms with E-state index < -0.39 is 0 Å². The van der Waals surface area contributed by atoms with Crippen LogP contribution < -0.4 is 14.8 Å². The molecular weight excluding hydrogens is 426 g/mol. The third kappa shape index (κ3) is 5.39. The number of hydrogen-bond donors (Lipinski definition) is 1. The average molecular weight is 458 g/mol. The molecule has 0 aliphatic rings. The van der Waals surface area contributed by atoms with Gasteiger partial charge in [0.25, 0.3) is 5.91 Å². The van der Waals surface area contributed by atoms with Gasteiger partial charge >= 0.3 is 0 Å². The maximum absolute atomic E-state index is 12.7. The molecular formula is C28H31N3O3. The predicted molar refractivity (Wildman–Crippen MR) is 135 cm³/mol. The Morgan fingerprint density at radius 2 is 1.74 bits per heavy atom. The average Bonchev–Trinajstić information content (AvgIpc) is 3.20. The zero-order valence-corrected chi connectivity index (χ0v) is 20.2. The van der Waals surface area contributed by atoms with Crippen LogP contribution in [-0.4, -0.2) is 29.2 Å². The summed E-state index contributed by atoms with van der Waals surface area (Å²) in [5, 5.41) is 2.98. The molecule has 0 fully saturated rings. The summed E-state index contributed by atoms with van der Waals surface area (Å²) in [4.78, 5) is 17.4. The SMILES string of the molecule is COc1cccc(C(=O)NCc2nc3ccccc3n2CCOc2ccc(C(C)(C)C)cc2)c1. The van der Waals surface area contributed by atoms with Crippen molar-refractivity contribution in [3.63, 3.8) is 0 Å². The Labute approximate surface area is 200 Å². The molecule has 0 bridgehead atoms. The Hall–Kier alpha value is -3.80. The number of methoxy groups -OCH3 is 1. The molecule has 3 aromatic carbocycles. The summed E-state index contributed by atoms with van der Waals surface area (Å²) in [7, 11) is 1.58. The molecule has 34 heavy (non-hydrogen) atoms. The lowest BCUT2D eigenvalue weighted by Crippen LogP contribution is -2.25. The van der Waals surface area contributed by atoms with Gasteiger partial charge in [0.2, 0.25) is 0 Å². The molecule has 0 spiro atoms. The van der Waals surface area contributed by atoms with Crippen molar-refractivity contribution in [1.82, 2.24) is 14.9 Å². The number of amides is 1. The number of carbonyl (C=O) groups excluding carboxylic acids is 1. The molecule has 1 heterocycles. The van der Waals surface area contributed by atoms with Crippen molar-refractivity contribution in [2.24, 2.45) is 0 Å². The monoisotopic (exact) mass is 457 g/mol. The first-order valence-corrected chi connectivity index (χ1v) is 11.4. The second kappa shape index (κ2) is 10.00. The number of aromatic nitrogens is 2. The third-order valence-electron chi connectivity index (χ3n) is 5.78. The molecule has 0 atom stereocenters. The first-order chi connectivity index (χ1) is 16.3. The Kier molecular flexibility index (Phi) is 6.87. The highest BCUT2D eigenvalue weighted by atomic mass is 16.5. The molecule has 0 aliphatic carbocycles. The number of hydrogen-bond acceptors (Lipinski definition) is 4. The van der Waals surface area contributed by atoms with E-state index >= 15 is 0 Å². The van der Waals surface area contributed by atoms with Gasteiger partial charge in [-0.2, -0.15) is 0 Å². The highest BCUT2D eigenvalue weighted by Gasteiger charge is 2.14. The minimum absolute atomic E-state index is 0.110. The van der Waals surface area contributed by atoms with Crippen molar-refractivity contribution in [1.29, 1.82) is 0 Å². The second-order valence-electron chi connectivity index (χ2n) is 9.21. The van der Waals surface area contributed by atoms with Gasteiger partial charge in [0.05, 0.1) is 31.2 Å². The minimum Gasteiger partial charge on any atom is -0.497 e. The molecule has 0 saturated carbocycles. The molecule has 6 nitrogen and oxygen atoms in total. The molecule has 1 aromatic heterocycles. The van der Waals surface area contributed by atoms with Crippen LogP contribution in [0.4, 0.5) is 0 Å². The van der Waals surface area contributed by atoms with Crippen molar-refractivity contribution < 1.29 is 14.3 Å². The van der Waals surface area contributed by atoms with Gasteiger partial charge in [0, 0.05) is 5.56 Å². The third-order valence-corrected chi connectivity index (χ3v) is 5.78. The van der Waals surface area contributed by atoms with Crippen molar-refractivity contribution in [3.8, 4) is 11.5 Å². The quantitative estimate of drug-likeness (QED) is 0.387. The van der Waals surface area contributed by atoms with Gasteiger partial charge in [-0.15, -0.1) is 0 Å². The summed E-state index contributed by atoms with van der Waals surface area (Å²) in [6.07, 6.45) is 0. The first-order valence-electron chi connectivity index (χ1n) is 11.4. The summed E-state index contributed by atoms with van der Waals surface area (Å²) >= 11 is 0. The number of fused-ring (bicyclic) bond motifs is 1. The molecule has 1 N–H and O–H groups in total. The zero-order chi connectivity index (χ0) is 24.1. The lowest BCUT2D eigenvalue weighted by atomic mass is 9.87. The second-order valence-corrected chi connectivity index (χ2v) is 9.21. The van der Waals surface area contributed by atoms with Crippen LogP contribution in [0.1, 0.15) is 42.5 Å². The van der Waals surface area contributed by atoms with Gasteiger partial charge in [-0.3, -0.25) is 4.79 Å². The molecule has 0 aliphatic heterocycles. The fourth-order valence-electron chi connectivity index (χ4n) is 3.84. The van der Waals surface area contributed by atoms with E-state index in [1.54, 1.807) is 25.3 Å². The Balaban J connectivity index is 1.45. The number of ether oxygens (including phenoxy) is 2. The summed E-state index contributed by atoms with van der Waals surface area (Å²) < 4.78 is 13.3. The van der Waals surface area contributed by atoms with Crippen molar-refractivity contribution in [2.45, 2.75) is 39.3 Å². The van der Waals surface area contributed by atoms with Crippen molar-refractivity contribution in [2.75, 3.05) is 13.7 Å².